The number of nitrogens with zero attached hydrogens (tertiary/aromatic N) is 1. The molecule has 0 spiro atoms. The van der Waals surface area contributed by atoms with E-state index in [2.05, 4.69) is 0 Å². The van der Waals surface area contributed by atoms with Crippen molar-refractivity contribution in [1.29, 1.82) is 0 Å². The fraction of sp³-hybridized carbons (Fsp3) is 0.286. The minimum atomic E-state index is 0.182. The van der Waals surface area contributed by atoms with Crippen LogP contribution in [-0.4, -0.2) is 6.61 Å². The van der Waals surface area contributed by atoms with E-state index in [4.69, 9.17) is 4.74 Å². The Balaban J connectivity index is 2.32. The van der Waals surface area contributed by atoms with Gasteiger partial charge in [-0.05, 0) is 6.07 Å². The number of epoxide rings is 1. The van der Waals surface area contributed by atoms with Crippen molar-refractivity contribution in [2.45, 2.75) is 6.10 Å². The molecule has 2 heterocycles. The van der Waals surface area contributed by atoms with Gasteiger partial charge >= 0.3 is 0 Å². The van der Waals surface area contributed by atoms with Crippen molar-refractivity contribution in [2.24, 2.45) is 0 Å². The highest BCUT2D eigenvalue weighted by Gasteiger charge is 2.26. The Bertz CT molecular complexity index is 245. The molecule has 1 aromatic rings. The molecule has 1 atom stereocenters. The standard InChI is InChI=1S/C7H7NO2/c9-8-3-1-2-6(4-8)7-5-10-7/h1-4,7H,5H2. The van der Waals surface area contributed by atoms with E-state index >= 15 is 0 Å². The molecule has 1 unspecified atom stereocenters. The first-order valence-electron chi connectivity index (χ1n) is 3.16. The van der Waals surface area contributed by atoms with Crippen LogP contribution in [0.15, 0.2) is 24.5 Å². The predicted molar refractivity (Wildman–Crippen MR) is 34.1 cm³/mol. The third-order valence-electron chi connectivity index (χ3n) is 1.50. The summed E-state index contributed by atoms with van der Waals surface area (Å²) >= 11 is 0. The van der Waals surface area contributed by atoms with E-state index in [0.29, 0.717) is 0 Å². The average Bonchev–Trinajstić information content (AvgIpc) is 2.68. The molecule has 0 aliphatic carbocycles. The molecule has 52 valence electrons. The summed E-state index contributed by atoms with van der Waals surface area (Å²) in [4.78, 5) is 0. The summed E-state index contributed by atoms with van der Waals surface area (Å²) in [5.41, 5.74) is 0.970. The van der Waals surface area contributed by atoms with Crippen molar-refractivity contribution < 1.29 is 9.47 Å². The average molecular weight is 137 g/mol. The summed E-state index contributed by atoms with van der Waals surface area (Å²) in [5, 5.41) is 10.7. The molecule has 0 radical (unpaired) electrons. The van der Waals surface area contributed by atoms with E-state index < -0.39 is 0 Å². The molecular weight excluding hydrogens is 130 g/mol. The van der Waals surface area contributed by atoms with Crippen LogP contribution >= 0.6 is 0 Å². The Hall–Kier alpha value is -1.09. The molecule has 1 fully saturated rings. The molecule has 1 aliphatic heterocycles. The van der Waals surface area contributed by atoms with Crippen molar-refractivity contribution in [3.05, 3.63) is 35.3 Å². The highest BCUT2D eigenvalue weighted by atomic mass is 16.6. The van der Waals surface area contributed by atoms with E-state index in [1.54, 1.807) is 6.07 Å². The summed E-state index contributed by atoms with van der Waals surface area (Å²) in [7, 11) is 0. The lowest BCUT2D eigenvalue weighted by atomic mass is 10.2. The lowest BCUT2D eigenvalue weighted by Gasteiger charge is -1.95. The molecule has 0 amide bonds. The van der Waals surface area contributed by atoms with Crippen LogP contribution in [0, 0.1) is 5.21 Å². The lowest BCUT2D eigenvalue weighted by Crippen LogP contribution is -2.24. The Labute approximate surface area is 58.4 Å². The van der Waals surface area contributed by atoms with E-state index in [0.717, 1.165) is 16.9 Å². The quantitative estimate of drug-likeness (QED) is 0.319. The smallest absolute Gasteiger partial charge is 0.186 e. The molecule has 0 N–H and O–H groups in total. The SMILES string of the molecule is [O-][n+]1cccc(C2CO2)c1. The number of rotatable bonds is 1. The Kier molecular flexibility index (Phi) is 1.11. The van der Waals surface area contributed by atoms with Gasteiger partial charge in [-0.1, -0.05) is 0 Å². The van der Waals surface area contributed by atoms with Crippen molar-refractivity contribution in [1.82, 2.24) is 0 Å². The van der Waals surface area contributed by atoms with Crippen molar-refractivity contribution in [2.75, 3.05) is 6.61 Å². The van der Waals surface area contributed by atoms with Crippen LogP contribution in [0.3, 0.4) is 0 Å². The topological polar surface area (TPSA) is 39.5 Å². The molecule has 3 heteroatoms. The van der Waals surface area contributed by atoms with Gasteiger partial charge in [0.05, 0.1) is 6.61 Å². The third kappa shape index (κ3) is 0.953. The Morgan fingerprint density at radius 2 is 2.50 bits per heavy atom. The van der Waals surface area contributed by atoms with E-state index in [1.807, 2.05) is 6.07 Å². The second-order valence-corrected chi connectivity index (χ2v) is 2.32. The Morgan fingerprint density at radius 3 is 3.10 bits per heavy atom. The summed E-state index contributed by atoms with van der Waals surface area (Å²) in [6, 6.07) is 3.62. The van der Waals surface area contributed by atoms with Gasteiger partial charge < -0.3 is 9.94 Å². The highest BCUT2D eigenvalue weighted by Crippen LogP contribution is 2.27. The normalized spacial score (nSPS) is 22.6. The van der Waals surface area contributed by atoms with Crippen LogP contribution in [0.4, 0.5) is 0 Å². The minimum absolute atomic E-state index is 0.182. The number of pyridine rings is 1. The van der Waals surface area contributed by atoms with Gasteiger partial charge in [0.15, 0.2) is 12.4 Å². The maximum absolute atomic E-state index is 10.7. The van der Waals surface area contributed by atoms with Gasteiger partial charge in [-0.3, -0.25) is 0 Å². The maximum Gasteiger partial charge on any atom is 0.186 e. The number of aromatic nitrogens is 1. The van der Waals surface area contributed by atoms with Crippen LogP contribution < -0.4 is 4.73 Å². The highest BCUT2D eigenvalue weighted by molar-refractivity contribution is 5.12. The zero-order chi connectivity index (χ0) is 6.97. The first kappa shape index (κ1) is 5.68. The molecule has 1 saturated heterocycles. The molecule has 10 heavy (non-hydrogen) atoms. The summed E-state index contributed by atoms with van der Waals surface area (Å²) in [6.07, 6.45) is 3.19. The predicted octanol–water partition coefficient (Wildman–Crippen LogP) is 0.391. The van der Waals surface area contributed by atoms with Crippen LogP contribution in [0.1, 0.15) is 11.7 Å². The van der Waals surface area contributed by atoms with Crippen LogP contribution in [-0.2, 0) is 4.74 Å². The molecule has 3 nitrogen and oxygen atoms in total. The van der Waals surface area contributed by atoms with E-state index in [9.17, 15) is 5.21 Å². The zero-order valence-corrected chi connectivity index (χ0v) is 5.36. The molecule has 1 aromatic heterocycles. The van der Waals surface area contributed by atoms with Crippen LogP contribution in [0.5, 0.6) is 0 Å². The number of hydrogen-bond donors (Lipinski definition) is 0. The maximum atomic E-state index is 10.7. The minimum Gasteiger partial charge on any atom is -0.619 e. The Morgan fingerprint density at radius 1 is 1.70 bits per heavy atom. The largest absolute Gasteiger partial charge is 0.619 e. The molecular formula is C7H7NO2. The molecule has 0 saturated carbocycles. The number of ether oxygens (including phenoxy) is 1. The van der Waals surface area contributed by atoms with Gasteiger partial charge in [0.25, 0.3) is 0 Å². The fourth-order valence-corrected chi connectivity index (χ4v) is 0.903. The summed E-state index contributed by atoms with van der Waals surface area (Å²) < 4.78 is 5.79. The molecule has 0 bridgehead atoms. The van der Waals surface area contributed by atoms with Crippen molar-refractivity contribution in [3.8, 4) is 0 Å². The lowest BCUT2D eigenvalue weighted by molar-refractivity contribution is -0.605. The molecule has 1 aliphatic rings. The van der Waals surface area contributed by atoms with Crippen LogP contribution in [0.2, 0.25) is 0 Å². The second kappa shape index (κ2) is 1.95. The second-order valence-electron chi connectivity index (χ2n) is 2.32. The van der Waals surface area contributed by atoms with Gasteiger partial charge in [0.1, 0.15) is 6.10 Å². The van der Waals surface area contributed by atoms with E-state index in [-0.39, 0.29) is 6.10 Å². The van der Waals surface area contributed by atoms with E-state index in [1.165, 1.54) is 12.4 Å². The third-order valence-corrected chi connectivity index (χ3v) is 1.50. The summed E-state index contributed by atoms with van der Waals surface area (Å²) in [6.45, 7) is 0.754. The van der Waals surface area contributed by atoms with Gasteiger partial charge in [-0.2, -0.15) is 4.73 Å². The van der Waals surface area contributed by atoms with Crippen molar-refractivity contribution >= 4 is 0 Å². The molecule has 0 aromatic carbocycles. The molecule has 2 rings (SSSR count). The first-order valence-corrected chi connectivity index (χ1v) is 3.16. The monoisotopic (exact) mass is 137 g/mol. The van der Waals surface area contributed by atoms with Gasteiger partial charge in [0, 0.05) is 11.6 Å². The van der Waals surface area contributed by atoms with Gasteiger partial charge in [-0.15, -0.1) is 0 Å². The van der Waals surface area contributed by atoms with Gasteiger partial charge in [0.2, 0.25) is 0 Å². The first-order chi connectivity index (χ1) is 4.86. The van der Waals surface area contributed by atoms with Crippen molar-refractivity contribution in [3.63, 3.8) is 0 Å². The summed E-state index contributed by atoms with van der Waals surface area (Å²) in [5.74, 6) is 0. The van der Waals surface area contributed by atoms with Crippen LogP contribution in [0.25, 0.3) is 0 Å². The zero-order valence-electron chi connectivity index (χ0n) is 5.36. The fourth-order valence-electron chi connectivity index (χ4n) is 0.903. The van der Waals surface area contributed by atoms with Gasteiger partial charge in [-0.25, -0.2) is 0 Å². The number of hydrogen-bond acceptors (Lipinski definition) is 2.